The Labute approximate surface area is 146 Å². The van der Waals surface area contributed by atoms with Crippen molar-refractivity contribution in [3.63, 3.8) is 0 Å². The number of unbranched alkanes of at least 4 members (excludes halogenated alkanes) is 3. The molecule has 0 saturated carbocycles. The van der Waals surface area contributed by atoms with Crippen LogP contribution in [0.5, 0.6) is 5.75 Å². The number of hydrogen-bond acceptors (Lipinski definition) is 5. The fraction of sp³-hybridized carbons (Fsp3) is 0.444. The van der Waals surface area contributed by atoms with E-state index in [2.05, 4.69) is 12.2 Å². The lowest BCUT2D eigenvalue weighted by Gasteiger charge is -2.30. The Kier molecular flexibility index (Phi) is 6.27. The number of urea groups is 1. The SMILES string of the molecule is CCCCCCC(=O)C1C(=O)NC(=O)N(c2ccccc2OC)C1=O. The summed E-state index contributed by atoms with van der Waals surface area (Å²) in [7, 11) is 1.41. The number of carbonyl (C=O) groups excluding carboxylic acids is 4. The maximum atomic E-state index is 12.7. The molecule has 1 aliphatic heterocycles. The predicted molar refractivity (Wildman–Crippen MR) is 91.3 cm³/mol. The fourth-order valence-electron chi connectivity index (χ4n) is 2.77. The molecule has 0 aliphatic carbocycles. The van der Waals surface area contributed by atoms with Gasteiger partial charge in [-0.3, -0.25) is 19.7 Å². The van der Waals surface area contributed by atoms with Crippen molar-refractivity contribution in [2.75, 3.05) is 12.0 Å². The first-order valence-corrected chi connectivity index (χ1v) is 8.35. The third-order valence-electron chi connectivity index (χ3n) is 4.09. The maximum Gasteiger partial charge on any atom is 0.335 e. The van der Waals surface area contributed by atoms with Crippen LogP contribution in [0.15, 0.2) is 24.3 Å². The second-order valence-corrected chi connectivity index (χ2v) is 5.85. The molecular weight excluding hydrogens is 324 g/mol. The number of amides is 4. The lowest BCUT2D eigenvalue weighted by Crippen LogP contribution is -2.60. The number of barbiturate groups is 1. The second-order valence-electron chi connectivity index (χ2n) is 5.85. The zero-order valence-corrected chi connectivity index (χ0v) is 14.4. The standard InChI is InChI=1S/C18H22N2O5/c1-3-4-5-6-10-13(21)15-16(22)19-18(24)20(17(15)23)12-9-7-8-11-14(12)25-2/h7-9,11,15H,3-6,10H2,1-2H3,(H,19,22,24). The van der Waals surface area contributed by atoms with E-state index < -0.39 is 29.5 Å². The van der Waals surface area contributed by atoms with Gasteiger partial charge in [-0.2, -0.15) is 0 Å². The number of rotatable bonds is 8. The minimum atomic E-state index is -1.50. The number of imide groups is 2. The summed E-state index contributed by atoms with van der Waals surface area (Å²) < 4.78 is 5.17. The molecule has 7 nitrogen and oxygen atoms in total. The molecule has 1 aromatic rings. The number of methoxy groups -OCH3 is 1. The monoisotopic (exact) mass is 346 g/mol. The minimum absolute atomic E-state index is 0.137. The summed E-state index contributed by atoms with van der Waals surface area (Å²) in [5.74, 6) is -3.36. The van der Waals surface area contributed by atoms with Gasteiger partial charge in [0.25, 0.3) is 5.91 Å². The molecule has 1 heterocycles. The largest absolute Gasteiger partial charge is 0.495 e. The van der Waals surface area contributed by atoms with Crippen LogP contribution in [-0.2, 0) is 14.4 Å². The van der Waals surface area contributed by atoms with Crippen LogP contribution >= 0.6 is 0 Å². The Morgan fingerprint density at radius 3 is 2.56 bits per heavy atom. The Hall–Kier alpha value is -2.70. The number of benzene rings is 1. The van der Waals surface area contributed by atoms with Gasteiger partial charge in [-0.15, -0.1) is 0 Å². The number of hydrogen-bond donors (Lipinski definition) is 1. The molecule has 1 saturated heterocycles. The number of ketones is 1. The maximum absolute atomic E-state index is 12.7. The number of ether oxygens (including phenoxy) is 1. The van der Waals surface area contributed by atoms with Crippen LogP contribution in [-0.4, -0.2) is 30.7 Å². The molecule has 4 amide bonds. The Morgan fingerprint density at radius 1 is 1.16 bits per heavy atom. The van der Waals surface area contributed by atoms with Gasteiger partial charge < -0.3 is 4.74 Å². The van der Waals surface area contributed by atoms with E-state index in [4.69, 9.17) is 4.74 Å². The quantitative estimate of drug-likeness (QED) is 0.576. The first-order valence-electron chi connectivity index (χ1n) is 8.35. The van der Waals surface area contributed by atoms with E-state index in [1.54, 1.807) is 18.2 Å². The summed E-state index contributed by atoms with van der Waals surface area (Å²) in [5.41, 5.74) is 0.198. The summed E-state index contributed by atoms with van der Waals surface area (Å²) in [5, 5.41) is 2.09. The smallest absolute Gasteiger partial charge is 0.335 e. The summed E-state index contributed by atoms with van der Waals surface area (Å²) in [4.78, 5) is 50.1. The number of nitrogens with zero attached hydrogens (tertiary/aromatic N) is 1. The van der Waals surface area contributed by atoms with Gasteiger partial charge in [-0.05, 0) is 18.6 Å². The first-order chi connectivity index (χ1) is 12.0. The van der Waals surface area contributed by atoms with Gasteiger partial charge in [-0.1, -0.05) is 38.3 Å². The average Bonchev–Trinajstić information content (AvgIpc) is 2.58. The van der Waals surface area contributed by atoms with Crippen molar-refractivity contribution in [3.8, 4) is 5.75 Å². The zero-order chi connectivity index (χ0) is 18.4. The lowest BCUT2D eigenvalue weighted by atomic mass is 9.94. The minimum Gasteiger partial charge on any atom is -0.495 e. The van der Waals surface area contributed by atoms with E-state index in [0.29, 0.717) is 12.2 Å². The molecule has 1 atom stereocenters. The fourth-order valence-corrected chi connectivity index (χ4v) is 2.77. The van der Waals surface area contributed by atoms with Crippen molar-refractivity contribution in [3.05, 3.63) is 24.3 Å². The molecule has 0 bridgehead atoms. The van der Waals surface area contributed by atoms with Crippen LogP contribution in [0.25, 0.3) is 0 Å². The normalized spacial score (nSPS) is 17.4. The van der Waals surface area contributed by atoms with Gasteiger partial charge in [-0.25, -0.2) is 9.69 Å². The molecule has 7 heteroatoms. The van der Waals surface area contributed by atoms with Crippen LogP contribution in [0.2, 0.25) is 0 Å². The molecule has 134 valence electrons. The summed E-state index contributed by atoms with van der Waals surface area (Å²) >= 11 is 0. The topological polar surface area (TPSA) is 92.8 Å². The Balaban J connectivity index is 2.22. The Bertz CT molecular complexity index is 686. The average molecular weight is 346 g/mol. The van der Waals surface area contributed by atoms with Crippen molar-refractivity contribution in [1.82, 2.24) is 5.32 Å². The lowest BCUT2D eigenvalue weighted by molar-refractivity contribution is -0.141. The highest BCUT2D eigenvalue weighted by Crippen LogP contribution is 2.30. The highest BCUT2D eigenvalue weighted by atomic mass is 16.5. The van der Waals surface area contributed by atoms with Crippen molar-refractivity contribution >= 4 is 29.3 Å². The van der Waals surface area contributed by atoms with Crippen LogP contribution in [0.1, 0.15) is 39.0 Å². The van der Waals surface area contributed by atoms with Crippen LogP contribution < -0.4 is 15.0 Å². The third kappa shape index (κ3) is 4.04. The molecule has 2 rings (SSSR count). The van der Waals surface area contributed by atoms with Crippen molar-refractivity contribution in [2.24, 2.45) is 5.92 Å². The molecule has 0 aromatic heterocycles. The molecular formula is C18H22N2O5. The number of anilines is 1. The highest BCUT2D eigenvalue weighted by molar-refractivity contribution is 6.34. The van der Waals surface area contributed by atoms with Crippen molar-refractivity contribution in [2.45, 2.75) is 39.0 Å². The van der Waals surface area contributed by atoms with E-state index in [0.717, 1.165) is 24.2 Å². The van der Waals surface area contributed by atoms with E-state index in [-0.39, 0.29) is 12.1 Å². The van der Waals surface area contributed by atoms with Gasteiger partial charge in [0.2, 0.25) is 5.91 Å². The molecule has 0 radical (unpaired) electrons. The van der Waals surface area contributed by atoms with Crippen LogP contribution in [0, 0.1) is 5.92 Å². The Morgan fingerprint density at radius 2 is 1.88 bits per heavy atom. The van der Waals surface area contributed by atoms with Gasteiger partial charge in [0.05, 0.1) is 12.8 Å². The molecule has 25 heavy (non-hydrogen) atoms. The summed E-state index contributed by atoms with van der Waals surface area (Å²) in [6.07, 6.45) is 3.63. The van der Waals surface area contributed by atoms with Crippen LogP contribution in [0.3, 0.4) is 0 Å². The van der Waals surface area contributed by atoms with Crippen LogP contribution in [0.4, 0.5) is 10.5 Å². The van der Waals surface area contributed by atoms with Crippen molar-refractivity contribution < 1.29 is 23.9 Å². The molecule has 1 aromatic carbocycles. The highest BCUT2D eigenvalue weighted by Gasteiger charge is 2.45. The molecule has 1 aliphatic rings. The van der Waals surface area contributed by atoms with Gasteiger partial charge in [0.15, 0.2) is 11.7 Å². The zero-order valence-electron chi connectivity index (χ0n) is 14.4. The third-order valence-corrected chi connectivity index (χ3v) is 4.09. The number of carbonyl (C=O) groups is 4. The van der Waals surface area contributed by atoms with E-state index in [1.807, 2.05) is 0 Å². The summed E-state index contributed by atoms with van der Waals surface area (Å²) in [6, 6.07) is 5.56. The molecule has 1 fully saturated rings. The predicted octanol–water partition coefficient (Wildman–Crippen LogP) is 2.43. The first kappa shape index (κ1) is 18.6. The van der Waals surface area contributed by atoms with Gasteiger partial charge in [0, 0.05) is 6.42 Å². The number of nitrogens with one attached hydrogen (secondary N) is 1. The molecule has 1 N–H and O–H groups in total. The molecule has 1 unspecified atom stereocenters. The summed E-state index contributed by atoms with van der Waals surface area (Å²) in [6.45, 7) is 2.05. The van der Waals surface area contributed by atoms with Gasteiger partial charge >= 0.3 is 6.03 Å². The van der Waals surface area contributed by atoms with E-state index in [1.165, 1.54) is 13.2 Å². The van der Waals surface area contributed by atoms with Gasteiger partial charge in [0.1, 0.15) is 5.75 Å². The number of Topliss-reactive ketones (excluding diaryl/α,β-unsaturated/α-hetero) is 1. The number of para-hydroxylation sites is 2. The van der Waals surface area contributed by atoms with E-state index >= 15 is 0 Å². The molecule has 0 spiro atoms. The van der Waals surface area contributed by atoms with Crippen molar-refractivity contribution in [1.29, 1.82) is 0 Å². The van der Waals surface area contributed by atoms with E-state index in [9.17, 15) is 19.2 Å². The second kappa shape index (κ2) is 8.41.